The molecule has 0 saturated heterocycles. The van der Waals surface area contributed by atoms with Crippen molar-refractivity contribution in [1.82, 2.24) is 0 Å². The minimum atomic E-state index is -0.186. The Morgan fingerprint density at radius 3 is 2.25 bits per heavy atom. The summed E-state index contributed by atoms with van der Waals surface area (Å²) in [6.07, 6.45) is 6.20. The van der Waals surface area contributed by atoms with E-state index in [2.05, 4.69) is 38.6 Å². The minimum Gasteiger partial charge on any atom is -0.321 e. The molecule has 1 aromatic carbocycles. The summed E-state index contributed by atoms with van der Waals surface area (Å²) in [5.74, 6) is 0. The van der Waals surface area contributed by atoms with Crippen LogP contribution < -0.4 is 5.73 Å². The van der Waals surface area contributed by atoms with Gasteiger partial charge in [0.05, 0.1) is 0 Å². The summed E-state index contributed by atoms with van der Waals surface area (Å²) in [5, 5.41) is 0. The van der Waals surface area contributed by atoms with E-state index in [1.807, 2.05) is 12.1 Å². The summed E-state index contributed by atoms with van der Waals surface area (Å²) in [6, 6.07) is 8.34. The fourth-order valence-electron chi connectivity index (χ4n) is 2.41. The molecule has 0 atom stereocenters. The zero-order valence-corrected chi connectivity index (χ0v) is 10.5. The fourth-order valence-corrected chi connectivity index (χ4v) is 2.41. The summed E-state index contributed by atoms with van der Waals surface area (Å²) in [6.45, 7) is 8.25. The Morgan fingerprint density at radius 2 is 1.75 bits per heavy atom. The third-order valence-electron chi connectivity index (χ3n) is 3.11. The summed E-state index contributed by atoms with van der Waals surface area (Å²) < 4.78 is 0. The van der Waals surface area contributed by atoms with Crippen molar-refractivity contribution >= 4 is 6.08 Å². The van der Waals surface area contributed by atoms with Crippen molar-refractivity contribution in [2.75, 3.05) is 0 Å². The van der Waals surface area contributed by atoms with Gasteiger partial charge in [-0.1, -0.05) is 63.6 Å². The lowest BCUT2D eigenvalue weighted by Crippen LogP contribution is -2.37. The first-order valence-corrected chi connectivity index (χ1v) is 6.18. The van der Waals surface area contributed by atoms with Gasteiger partial charge in [0.25, 0.3) is 0 Å². The first-order valence-electron chi connectivity index (χ1n) is 6.18. The van der Waals surface area contributed by atoms with Crippen molar-refractivity contribution in [3.63, 3.8) is 0 Å². The SMILES string of the molecule is C=Cc1ccccc1C(N)(CCC)CCC. The normalized spacial score (nSPS) is 11.4. The molecule has 1 heteroatoms. The maximum atomic E-state index is 6.57. The van der Waals surface area contributed by atoms with Crippen LogP contribution in [0.4, 0.5) is 0 Å². The molecule has 0 aliphatic rings. The van der Waals surface area contributed by atoms with Crippen molar-refractivity contribution < 1.29 is 0 Å². The predicted octanol–water partition coefficient (Wildman–Crippen LogP) is 4.08. The highest BCUT2D eigenvalue weighted by atomic mass is 14.7. The Morgan fingerprint density at radius 1 is 1.19 bits per heavy atom. The van der Waals surface area contributed by atoms with E-state index in [0.717, 1.165) is 25.7 Å². The summed E-state index contributed by atoms with van der Waals surface area (Å²) in [7, 11) is 0. The molecular weight excluding hydrogens is 194 g/mol. The van der Waals surface area contributed by atoms with Crippen LogP contribution >= 0.6 is 0 Å². The van der Waals surface area contributed by atoms with Gasteiger partial charge in [-0.05, 0) is 24.0 Å². The smallest absolute Gasteiger partial charge is 0.0415 e. The Bertz CT molecular complexity index is 335. The zero-order valence-electron chi connectivity index (χ0n) is 10.5. The van der Waals surface area contributed by atoms with Gasteiger partial charge < -0.3 is 5.73 Å². The van der Waals surface area contributed by atoms with Gasteiger partial charge >= 0.3 is 0 Å². The van der Waals surface area contributed by atoms with E-state index >= 15 is 0 Å². The summed E-state index contributed by atoms with van der Waals surface area (Å²) in [5.41, 5.74) is 8.80. The monoisotopic (exact) mass is 217 g/mol. The molecule has 0 heterocycles. The molecule has 0 bridgehead atoms. The molecule has 1 aromatic rings. The van der Waals surface area contributed by atoms with Gasteiger partial charge in [-0.25, -0.2) is 0 Å². The molecule has 1 nitrogen and oxygen atoms in total. The van der Waals surface area contributed by atoms with E-state index in [-0.39, 0.29) is 5.54 Å². The van der Waals surface area contributed by atoms with Crippen molar-refractivity contribution in [2.45, 2.75) is 45.1 Å². The van der Waals surface area contributed by atoms with E-state index in [1.165, 1.54) is 11.1 Å². The highest BCUT2D eigenvalue weighted by Crippen LogP contribution is 2.31. The molecule has 0 unspecified atom stereocenters. The van der Waals surface area contributed by atoms with Crippen molar-refractivity contribution in [1.29, 1.82) is 0 Å². The zero-order chi connectivity index (χ0) is 12.0. The van der Waals surface area contributed by atoms with E-state index in [1.54, 1.807) is 0 Å². The van der Waals surface area contributed by atoms with Crippen LogP contribution in [0.3, 0.4) is 0 Å². The number of hydrogen-bond acceptors (Lipinski definition) is 1. The van der Waals surface area contributed by atoms with Crippen LogP contribution in [0.5, 0.6) is 0 Å². The van der Waals surface area contributed by atoms with Crippen LogP contribution in [0, 0.1) is 0 Å². The lowest BCUT2D eigenvalue weighted by Gasteiger charge is -2.31. The minimum absolute atomic E-state index is 0.186. The highest BCUT2D eigenvalue weighted by Gasteiger charge is 2.26. The molecule has 2 N–H and O–H groups in total. The van der Waals surface area contributed by atoms with E-state index < -0.39 is 0 Å². The summed E-state index contributed by atoms with van der Waals surface area (Å²) >= 11 is 0. The second-order valence-electron chi connectivity index (χ2n) is 4.45. The highest BCUT2D eigenvalue weighted by molar-refractivity contribution is 5.54. The first-order chi connectivity index (χ1) is 7.68. The van der Waals surface area contributed by atoms with Crippen LogP contribution in [-0.2, 0) is 5.54 Å². The largest absolute Gasteiger partial charge is 0.321 e. The Labute approximate surface area is 99.4 Å². The standard InChI is InChI=1S/C15H23N/c1-4-11-15(16,12-5-2)14-10-8-7-9-13(14)6-3/h6-10H,3-5,11-12,16H2,1-2H3. The third-order valence-corrected chi connectivity index (χ3v) is 3.11. The lowest BCUT2D eigenvalue weighted by molar-refractivity contribution is 0.369. The second-order valence-corrected chi connectivity index (χ2v) is 4.45. The summed E-state index contributed by atoms with van der Waals surface area (Å²) in [4.78, 5) is 0. The fraction of sp³-hybridized carbons (Fsp3) is 0.467. The van der Waals surface area contributed by atoms with E-state index in [0.29, 0.717) is 0 Å². The molecular formula is C15H23N. The van der Waals surface area contributed by atoms with Gasteiger partial charge in [-0.15, -0.1) is 0 Å². The Hall–Kier alpha value is -1.08. The molecule has 0 spiro atoms. The van der Waals surface area contributed by atoms with Crippen molar-refractivity contribution in [3.05, 3.63) is 42.0 Å². The van der Waals surface area contributed by atoms with Gasteiger partial charge in [0.1, 0.15) is 0 Å². The molecule has 88 valence electrons. The second kappa shape index (κ2) is 5.86. The maximum absolute atomic E-state index is 6.57. The molecule has 1 rings (SSSR count). The lowest BCUT2D eigenvalue weighted by atomic mass is 9.80. The van der Waals surface area contributed by atoms with Crippen LogP contribution in [0.1, 0.15) is 50.7 Å². The van der Waals surface area contributed by atoms with Crippen molar-refractivity contribution in [3.8, 4) is 0 Å². The van der Waals surface area contributed by atoms with Crippen LogP contribution in [0.2, 0.25) is 0 Å². The van der Waals surface area contributed by atoms with Crippen LogP contribution in [-0.4, -0.2) is 0 Å². The number of hydrogen-bond donors (Lipinski definition) is 1. The molecule has 0 aromatic heterocycles. The average molecular weight is 217 g/mol. The van der Waals surface area contributed by atoms with Gasteiger partial charge in [-0.2, -0.15) is 0 Å². The first kappa shape index (κ1) is 13.0. The Balaban J connectivity index is 3.14. The van der Waals surface area contributed by atoms with Gasteiger partial charge in [-0.3, -0.25) is 0 Å². The third kappa shape index (κ3) is 2.73. The van der Waals surface area contributed by atoms with Crippen LogP contribution in [0.15, 0.2) is 30.8 Å². The Kier molecular flexibility index (Phi) is 4.75. The molecule has 0 radical (unpaired) electrons. The van der Waals surface area contributed by atoms with Crippen LogP contribution in [0.25, 0.3) is 6.08 Å². The number of rotatable bonds is 6. The van der Waals surface area contributed by atoms with Gasteiger partial charge in [0.2, 0.25) is 0 Å². The molecule has 16 heavy (non-hydrogen) atoms. The molecule has 0 fully saturated rings. The molecule has 0 aliphatic heterocycles. The van der Waals surface area contributed by atoms with Gasteiger partial charge in [0.15, 0.2) is 0 Å². The number of benzene rings is 1. The maximum Gasteiger partial charge on any atom is 0.0415 e. The van der Waals surface area contributed by atoms with Gasteiger partial charge in [0, 0.05) is 5.54 Å². The number of nitrogens with two attached hydrogens (primary N) is 1. The molecule has 0 amide bonds. The predicted molar refractivity (Wildman–Crippen MR) is 72.2 cm³/mol. The molecule has 0 saturated carbocycles. The average Bonchev–Trinajstić information content (AvgIpc) is 2.29. The van der Waals surface area contributed by atoms with E-state index in [9.17, 15) is 0 Å². The topological polar surface area (TPSA) is 26.0 Å². The molecule has 0 aliphatic carbocycles. The quantitative estimate of drug-likeness (QED) is 0.763. The van der Waals surface area contributed by atoms with E-state index in [4.69, 9.17) is 5.73 Å². The van der Waals surface area contributed by atoms with Crippen molar-refractivity contribution in [2.24, 2.45) is 5.73 Å².